The monoisotopic (exact) mass is 147 g/mol. The summed E-state index contributed by atoms with van der Waals surface area (Å²) in [6.07, 6.45) is 0. The van der Waals surface area contributed by atoms with Gasteiger partial charge in [-0.25, -0.2) is 0 Å². The summed E-state index contributed by atoms with van der Waals surface area (Å²) in [6.45, 7) is 0. The summed E-state index contributed by atoms with van der Waals surface area (Å²) >= 11 is 0. The van der Waals surface area contributed by atoms with Crippen LogP contribution in [0.3, 0.4) is 0 Å². The van der Waals surface area contributed by atoms with Gasteiger partial charge in [-0.2, -0.15) is 0 Å². The first kappa shape index (κ1) is 7.29. The molecule has 0 radical (unpaired) electrons. The molecule has 0 bridgehead atoms. The van der Waals surface area contributed by atoms with Gasteiger partial charge in [0.15, 0.2) is 0 Å². The minimum atomic E-state index is -0.486. The SMILES string of the molecule is O=C(C#[N+][O-])c1ccccc1. The number of hydrogen-bond acceptors (Lipinski definition) is 2. The van der Waals surface area contributed by atoms with Crippen molar-refractivity contribution in [2.75, 3.05) is 0 Å². The Hall–Kier alpha value is -1.82. The van der Waals surface area contributed by atoms with Gasteiger partial charge in [0.05, 0.1) is 0 Å². The maximum absolute atomic E-state index is 10.8. The normalized spacial score (nSPS) is 8.00. The summed E-state index contributed by atoms with van der Waals surface area (Å²) in [6, 6.07) is 10.2. The highest BCUT2D eigenvalue weighted by Crippen LogP contribution is 1.98. The number of hydrogen-bond donors (Lipinski definition) is 0. The van der Waals surface area contributed by atoms with Crippen LogP contribution in [-0.4, -0.2) is 5.78 Å². The van der Waals surface area contributed by atoms with Crippen molar-refractivity contribution in [3.8, 4) is 6.07 Å². The fraction of sp³-hybridized carbons (Fsp3) is 0. The lowest BCUT2D eigenvalue weighted by molar-refractivity contribution is 0.105. The average Bonchev–Trinajstić information content (AvgIpc) is 2.07. The van der Waals surface area contributed by atoms with Crippen LogP contribution in [0.25, 0.3) is 5.01 Å². The average molecular weight is 147 g/mol. The van der Waals surface area contributed by atoms with Crippen molar-refractivity contribution in [3.05, 3.63) is 46.1 Å². The van der Waals surface area contributed by atoms with E-state index in [0.29, 0.717) is 5.56 Å². The van der Waals surface area contributed by atoms with E-state index in [0.717, 1.165) is 0 Å². The van der Waals surface area contributed by atoms with E-state index in [4.69, 9.17) is 0 Å². The van der Waals surface area contributed by atoms with Crippen molar-refractivity contribution >= 4 is 5.78 Å². The third kappa shape index (κ3) is 1.80. The Bertz CT molecular complexity index is 308. The molecule has 0 fully saturated rings. The van der Waals surface area contributed by atoms with E-state index in [1.165, 1.54) is 0 Å². The van der Waals surface area contributed by atoms with Gasteiger partial charge in [-0.15, -0.1) is 0 Å². The largest absolute Gasteiger partial charge is 0.498 e. The zero-order valence-electron chi connectivity index (χ0n) is 5.65. The molecule has 0 atom stereocenters. The van der Waals surface area contributed by atoms with Crippen molar-refractivity contribution in [2.24, 2.45) is 0 Å². The van der Waals surface area contributed by atoms with Crippen LogP contribution in [0, 0.1) is 11.3 Å². The first-order valence-electron chi connectivity index (χ1n) is 3.02. The zero-order chi connectivity index (χ0) is 8.10. The molecule has 1 aromatic carbocycles. The van der Waals surface area contributed by atoms with Crippen molar-refractivity contribution < 1.29 is 4.79 Å². The molecule has 0 aliphatic heterocycles. The highest BCUT2D eigenvalue weighted by molar-refractivity contribution is 6.08. The lowest BCUT2D eigenvalue weighted by Crippen LogP contribution is -1.92. The second-order valence-electron chi connectivity index (χ2n) is 1.90. The van der Waals surface area contributed by atoms with Gasteiger partial charge in [0.2, 0.25) is 0 Å². The molecule has 0 aliphatic rings. The lowest BCUT2D eigenvalue weighted by atomic mass is 10.1. The highest BCUT2D eigenvalue weighted by Gasteiger charge is 2.05. The number of nitrogens with zero attached hydrogens (tertiary/aromatic N) is 1. The van der Waals surface area contributed by atoms with Gasteiger partial charge in [0.1, 0.15) is 0 Å². The van der Waals surface area contributed by atoms with E-state index in [9.17, 15) is 10.0 Å². The molecule has 1 aromatic rings. The molecule has 1 rings (SSSR count). The van der Waals surface area contributed by atoms with Gasteiger partial charge in [0.25, 0.3) is 0 Å². The first-order valence-corrected chi connectivity index (χ1v) is 3.02. The van der Waals surface area contributed by atoms with Crippen molar-refractivity contribution in [3.63, 3.8) is 0 Å². The van der Waals surface area contributed by atoms with Gasteiger partial charge in [0, 0.05) is 10.6 Å². The molecule has 0 saturated carbocycles. The molecule has 0 heterocycles. The molecular weight excluding hydrogens is 142 g/mol. The van der Waals surface area contributed by atoms with Gasteiger partial charge >= 0.3 is 11.9 Å². The van der Waals surface area contributed by atoms with Crippen molar-refractivity contribution in [2.45, 2.75) is 0 Å². The maximum Gasteiger partial charge on any atom is 0.381 e. The molecule has 54 valence electrons. The van der Waals surface area contributed by atoms with E-state index in [-0.39, 0.29) is 0 Å². The van der Waals surface area contributed by atoms with E-state index in [1.807, 2.05) is 0 Å². The maximum atomic E-state index is 10.8. The molecule has 11 heavy (non-hydrogen) atoms. The molecule has 0 aliphatic carbocycles. The van der Waals surface area contributed by atoms with E-state index < -0.39 is 5.78 Å². The number of Topliss-reactive ketones (excluding diaryl/α,β-unsaturated/α-hetero) is 1. The predicted molar refractivity (Wildman–Crippen MR) is 41.4 cm³/mol. The Morgan fingerprint density at radius 2 is 2.00 bits per heavy atom. The second kappa shape index (κ2) is 3.37. The third-order valence-corrected chi connectivity index (χ3v) is 1.18. The van der Waals surface area contributed by atoms with E-state index in [2.05, 4.69) is 5.01 Å². The highest BCUT2D eigenvalue weighted by atomic mass is 16.4. The summed E-state index contributed by atoms with van der Waals surface area (Å²) < 4.78 is 0. The molecule has 0 unspecified atom stereocenters. The minimum absolute atomic E-state index is 0.423. The van der Waals surface area contributed by atoms with E-state index >= 15 is 0 Å². The third-order valence-electron chi connectivity index (χ3n) is 1.18. The number of rotatable bonds is 1. The van der Waals surface area contributed by atoms with Crippen LogP contribution in [0.4, 0.5) is 0 Å². The fourth-order valence-electron chi connectivity index (χ4n) is 0.696. The number of carbonyl (C=O) groups excluding carboxylic acids is 1. The number of benzene rings is 1. The quantitative estimate of drug-likeness (QED) is 0.344. The second-order valence-corrected chi connectivity index (χ2v) is 1.90. The summed E-state index contributed by atoms with van der Waals surface area (Å²) in [5.74, 6) is -0.486. The van der Waals surface area contributed by atoms with Crippen LogP contribution in [0.2, 0.25) is 0 Å². The molecule has 0 N–H and O–H groups in total. The Morgan fingerprint density at radius 1 is 1.36 bits per heavy atom. The summed E-state index contributed by atoms with van der Waals surface area (Å²) in [5.41, 5.74) is 0.423. The van der Waals surface area contributed by atoms with E-state index in [1.54, 1.807) is 36.4 Å². The van der Waals surface area contributed by atoms with Gasteiger partial charge in [-0.1, -0.05) is 30.3 Å². The van der Waals surface area contributed by atoms with Gasteiger partial charge in [-0.3, -0.25) is 4.79 Å². The molecule has 0 saturated heterocycles. The minimum Gasteiger partial charge on any atom is -0.498 e. The number of carbonyl (C=O) groups is 1. The smallest absolute Gasteiger partial charge is 0.381 e. The zero-order valence-corrected chi connectivity index (χ0v) is 5.65. The van der Waals surface area contributed by atoms with Crippen molar-refractivity contribution in [1.29, 1.82) is 0 Å². The fourth-order valence-corrected chi connectivity index (χ4v) is 0.696. The van der Waals surface area contributed by atoms with Crippen LogP contribution in [0.1, 0.15) is 10.4 Å². The van der Waals surface area contributed by atoms with Crippen LogP contribution in [0.5, 0.6) is 0 Å². The summed E-state index contributed by atoms with van der Waals surface area (Å²) in [4.78, 5) is 10.8. The Balaban J connectivity index is 2.92. The predicted octanol–water partition coefficient (Wildman–Crippen LogP) is 1.70. The Labute approximate surface area is 63.7 Å². The van der Waals surface area contributed by atoms with Gasteiger partial charge < -0.3 is 5.21 Å². The van der Waals surface area contributed by atoms with Crippen LogP contribution >= 0.6 is 0 Å². The topological polar surface area (TPSA) is 44.5 Å². The number of ketones is 1. The van der Waals surface area contributed by atoms with Gasteiger partial charge in [-0.05, 0) is 0 Å². The molecule has 3 nitrogen and oxygen atoms in total. The van der Waals surface area contributed by atoms with Crippen LogP contribution in [0.15, 0.2) is 30.3 Å². The molecule has 0 spiro atoms. The lowest BCUT2D eigenvalue weighted by Gasteiger charge is -1.85. The molecule has 0 aromatic heterocycles. The van der Waals surface area contributed by atoms with Crippen LogP contribution in [-0.2, 0) is 0 Å². The Kier molecular flexibility index (Phi) is 2.24. The first-order chi connectivity index (χ1) is 5.34. The Morgan fingerprint density at radius 3 is 2.55 bits per heavy atom. The standard InChI is InChI=1S/C8H5NO2/c10-8(6-9-11)7-4-2-1-3-5-7/h1-5H. The summed E-state index contributed by atoms with van der Waals surface area (Å²) in [5, 5.41) is 11.9. The molecule has 0 amide bonds. The van der Waals surface area contributed by atoms with Crippen LogP contribution < -0.4 is 0 Å². The summed E-state index contributed by atoms with van der Waals surface area (Å²) in [7, 11) is 0. The molecule has 3 heteroatoms. The molecular formula is C8H5NO2. The van der Waals surface area contributed by atoms with Crippen molar-refractivity contribution in [1.82, 2.24) is 0 Å².